The van der Waals surface area contributed by atoms with E-state index in [4.69, 9.17) is 16.3 Å². The Labute approximate surface area is 189 Å². The van der Waals surface area contributed by atoms with Crippen LogP contribution in [-0.4, -0.2) is 26.2 Å². The molecule has 5 rings (SSSR count). The van der Waals surface area contributed by atoms with Crippen molar-refractivity contribution in [3.8, 4) is 22.9 Å². The molecule has 0 saturated carbocycles. The summed E-state index contributed by atoms with van der Waals surface area (Å²) in [6, 6.07) is 14.8. The minimum Gasteiger partial charge on any atom is -0.426 e. The van der Waals surface area contributed by atoms with Gasteiger partial charge in [0.15, 0.2) is 0 Å². The predicted octanol–water partition coefficient (Wildman–Crippen LogP) is 6.38. The lowest BCUT2D eigenvalue weighted by atomic mass is 10.0. The number of imidazole rings is 1. The van der Waals surface area contributed by atoms with Gasteiger partial charge in [0.05, 0.1) is 28.2 Å². The minimum absolute atomic E-state index is 0.0125. The molecule has 32 heavy (non-hydrogen) atoms. The van der Waals surface area contributed by atoms with E-state index in [1.54, 1.807) is 18.2 Å². The average molecular weight is 450 g/mol. The second-order valence-corrected chi connectivity index (χ2v) is 8.27. The molecular weight excluding hydrogens is 429 g/mol. The molecule has 162 valence electrons. The van der Waals surface area contributed by atoms with E-state index in [1.165, 1.54) is 11.6 Å². The van der Waals surface area contributed by atoms with E-state index in [1.807, 2.05) is 48.9 Å². The van der Waals surface area contributed by atoms with E-state index in [-0.39, 0.29) is 6.61 Å². The van der Waals surface area contributed by atoms with Crippen molar-refractivity contribution in [2.45, 2.75) is 20.4 Å². The van der Waals surface area contributed by atoms with Gasteiger partial charge in [0.1, 0.15) is 11.6 Å². The Morgan fingerprint density at radius 2 is 1.91 bits per heavy atom. The first-order valence-electron chi connectivity index (χ1n) is 10.3. The Bertz CT molecular complexity index is 1470. The zero-order valence-electron chi connectivity index (χ0n) is 17.6. The van der Waals surface area contributed by atoms with Crippen LogP contribution in [0.1, 0.15) is 11.1 Å². The molecule has 0 aliphatic rings. The molecule has 2 aromatic heterocycles. The minimum atomic E-state index is -0.390. The second-order valence-electron chi connectivity index (χ2n) is 7.86. The van der Waals surface area contributed by atoms with Crippen LogP contribution in [0.15, 0.2) is 54.7 Å². The van der Waals surface area contributed by atoms with Gasteiger partial charge < -0.3 is 19.4 Å². The third-order valence-corrected chi connectivity index (χ3v) is 6.05. The molecule has 0 radical (unpaired) electrons. The number of rotatable bonds is 5. The molecule has 2 N–H and O–H groups in total. The highest BCUT2D eigenvalue weighted by Gasteiger charge is 2.16. The van der Waals surface area contributed by atoms with Crippen LogP contribution in [0.2, 0.25) is 5.02 Å². The van der Waals surface area contributed by atoms with E-state index >= 15 is 4.39 Å². The standard InChI is InChI=1S/C25H21ClFN3O2/c1-14-3-4-17(9-15(14)2)32-25-28-22-11-18(20(26)12-23(22)29-25)19-10-16-5-6-30(7-8-31)24(16)13-21(19)27/h3-6,9-13,31H,7-8H2,1-2H3,(H,28,29). The van der Waals surface area contributed by atoms with Crippen molar-refractivity contribution in [2.24, 2.45) is 0 Å². The molecule has 0 aliphatic carbocycles. The third-order valence-electron chi connectivity index (χ3n) is 5.73. The van der Waals surface area contributed by atoms with Gasteiger partial charge in [-0.3, -0.25) is 0 Å². The molecule has 3 aromatic carbocycles. The number of H-pyrrole nitrogens is 1. The average Bonchev–Trinajstić information content (AvgIpc) is 3.33. The lowest BCUT2D eigenvalue weighted by Crippen LogP contribution is -2.00. The maximum Gasteiger partial charge on any atom is 0.300 e. The number of aliphatic hydroxyl groups is 1. The van der Waals surface area contributed by atoms with Crippen LogP contribution in [0.3, 0.4) is 0 Å². The summed E-state index contributed by atoms with van der Waals surface area (Å²) in [6.45, 7) is 4.46. The van der Waals surface area contributed by atoms with Gasteiger partial charge in [0, 0.05) is 29.3 Å². The van der Waals surface area contributed by atoms with Gasteiger partial charge in [0.2, 0.25) is 0 Å². The van der Waals surface area contributed by atoms with E-state index in [9.17, 15) is 5.11 Å². The van der Waals surface area contributed by atoms with Crippen molar-refractivity contribution < 1.29 is 14.2 Å². The number of aromatic nitrogens is 3. The smallest absolute Gasteiger partial charge is 0.300 e. The molecule has 0 saturated heterocycles. The lowest BCUT2D eigenvalue weighted by Gasteiger charge is -2.08. The first-order valence-corrected chi connectivity index (χ1v) is 10.6. The zero-order chi connectivity index (χ0) is 22.4. The van der Waals surface area contributed by atoms with Crippen LogP contribution in [0, 0.1) is 19.7 Å². The van der Waals surface area contributed by atoms with Crippen LogP contribution in [0.25, 0.3) is 33.1 Å². The normalized spacial score (nSPS) is 11.5. The molecule has 0 atom stereocenters. The van der Waals surface area contributed by atoms with Gasteiger partial charge in [-0.25, -0.2) is 4.39 Å². The van der Waals surface area contributed by atoms with Crippen molar-refractivity contribution >= 4 is 33.5 Å². The highest BCUT2D eigenvalue weighted by Crippen LogP contribution is 2.36. The largest absolute Gasteiger partial charge is 0.426 e. The summed E-state index contributed by atoms with van der Waals surface area (Å²) in [5, 5.41) is 10.5. The molecule has 0 unspecified atom stereocenters. The van der Waals surface area contributed by atoms with Crippen molar-refractivity contribution in [2.75, 3.05) is 6.61 Å². The van der Waals surface area contributed by atoms with Crippen molar-refractivity contribution in [3.63, 3.8) is 0 Å². The number of halogens is 2. The third kappa shape index (κ3) is 3.61. The molecule has 0 amide bonds. The number of hydrogen-bond acceptors (Lipinski definition) is 3. The first kappa shape index (κ1) is 20.5. The van der Waals surface area contributed by atoms with E-state index in [0.717, 1.165) is 16.5 Å². The molecule has 0 bridgehead atoms. The van der Waals surface area contributed by atoms with Crippen LogP contribution >= 0.6 is 11.6 Å². The van der Waals surface area contributed by atoms with Gasteiger partial charge in [-0.05, 0) is 67.4 Å². The Balaban J connectivity index is 1.54. The van der Waals surface area contributed by atoms with Crippen LogP contribution in [-0.2, 0) is 6.54 Å². The molecule has 0 aliphatic heterocycles. The molecule has 2 heterocycles. The summed E-state index contributed by atoms with van der Waals surface area (Å²) in [6.07, 6.45) is 1.83. The molecule has 5 aromatic rings. The molecule has 7 heteroatoms. The summed E-state index contributed by atoms with van der Waals surface area (Å²) in [7, 11) is 0. The fourth-order valence-corrected chi connectivity index (χ4v) is 4.14. The SMILES string of the molecule is Cc1ccc(Oc2nc3cc(-c4cc5ccn(CCO)c5cc4F)c(Cl)cc3[nH]2)cc1C. The monoisotopic (exact) mass is 449 g/mol. The Morgan fingerprint density at radius 1 is 1.06 bits per heavy atom. The van der Waals surface area contributed by atoms with Gasteiger partial charge in [0.25, 0.3) is 6.01 Å². The van der Waals surface area contributed by atoms with Crippen LogP contribution in [0.5, 0.6) is 11.8 Å². The zero-order valence-corrected chi connectivity index (χ0v) is 18.4. The van der Waals surface area contributed by atoms with E-state index in [0.29, 0.717) is 45.5 Å². The van der Waals surface area contributed by atoms with Crippen LogP contribution < -0.4 is 4.74 Å². The lowest BCUT2D eigenvalue weighted by molar-refractivity contribution is 0.278. The Morgan fingerprint density at radius 3 is 2.69 bits per heavy atom. The summed E-state index contributed by atoms with van der Waals surface area (Å²) in [4.78, 5) is 7.64. The van der Waals surface area contributed by atoms with Crippen molar-refractivity contribution in [1.29, 1.82) is 0 Å². The number of fused-ring (bicyclic) bond motifs is 2. The number of aromatic amines is 1. The second kappa shape index (κ2) is 7.97. The molecule has 0 spiro atoms. The number of nitrogens with one attached hydrogen (secondary N) is 1. The number of aliphatic hydroxyl groups excluding tert-OH is 1. The fraction of sp³-hybridized carbons (Fsp3) is 0.160. The summed E-state index contributed by atoms with van der Waals surface area (Å²) < 4.78 is 22.8. The molecule has 0 fully saturated rings. The Hall–Kier alpha value is -3.35. The summed E-state index contributed by atoms with van der Waals surface area (Å²) >= 11 is 6.53. The topological polar surface area (TPSA) is 63.1 Å². The van der Waals surface area contributed by atoms with Crippen molar-refractivity contribution in [1.82, 2.24) is 14.5 Å². The predicted molar refractivity (Wildman–Crippen MR) is 125 cm³/mol. The van der Waals surface area contributed by atoms with Crippen LogP contribution in [0.4, 0.5) is 4.39 Å². The highest BCUT2D eigenvalue weighted by atomic mass is 35.5. The summed E-state index contributed by atoms with van der Waals surface area (Å²) in [5.74, 6) is 0.293. The van der Waals surface area contributed by atoms with Gasteiger partial charge in [-0.1, -0.05) is 17.7 Å². The van der Waals surface area contributed by atoms with Gasteiger partial charge >= 0.3 is 0 Å². The number of hydrogen-bond donors (Lipinski definition) is 2. The number of aryl methyl sites for hydroxylation is 2. The van der Waals surface area contributed by atoms with E-state index in [2.05, 4.69) is 9.97 Å². The fourth-order valence-electron chi connectivity index (χ4n) is 3.87. The van der Waals surface area contributed by atoms with Gasteiger partial charge in [-0.2, -0.15) is 4.98 Å². The number of ether oxygens (including phenoxy) is 1. The van der Waals surface area contributed by atoms with E-state index < -0.39 is 5.82 Å². The maximum absolute atomic E-state index is 15.1. The first-order chi connectivity index (χ1) is 15.4. The summed E-state index contributed by atoms with van der Waals surface area (Å²) in [5.41, 5.74) is 5.31. The number of nitrogens with zero attached hydrogens (tertiary/aromatic N) is 2. The number of benzene rings is 3. The highest BCUT2D eigenvalue weighted by molar-refractivity contribution is 6.34. The maximum atomic E-state index is 15.1. The molecular formula is C25H21ClFN3O2. The quantitative estimate of drug-likeness (QED) is 0.327. The van der Waals surface area contributed by atoms with Crippen molar-refractivity contribution in [3.05, 3.63) is 76.7 Å². The van der Waals surface area contributed by atoms with Gasteiger partial charge in [-0.15, -0.1) is 0 Å². The Kier molecular flexibility index (Phi) is 5.12. The molecule has 5 nitrogen and oxygen atoms in total.